The Bertz CT molecular complexity index is 802. The lowest BCUT2D eigenvalue weighted by atomic mass is 10.1. The van der Waals surface area contributed by atoms with Crippen molar-refractivity contribution in [2.24, 2.45) is 0 Å². The topological polar surface area (TPSA) is 56.0 Å². The van der Waals surface area contributed by atoms with Gasteiger partial charge < -0.3 is 4.52 Å². The first kappa shape index (κ1) is 15.2. The number of ketones is 1. The Morgan fingerprint density at radius 1 is 1.09 bits per heavy atom. The second-order valence-corrected chi connectivity index (χ2v) is 5.66. The zero-order chi connectivity index (χ0) is 16.2. The van der Waals surface area contributed by atoms with Gasteiger partial charge in [0.05, 0.1) is 0 Å². The first-order valence-corrected chi connectivity index (χ1v) is 7.60. The normalized spacial score (nSPS) is 10.7. The van der Waals surface area contributed by atoms with E-state index in [0.29, 0.717) is 24.2 Å². The minimum atomic E-state index is 0.0609. The minimum Gasteiger partial charge on any atom is -0.361 e. The van der Waals surface area contributed by atoms with Gasteiger partial charge in [-0.05, 0) is 26.0 Å². The van der Waals surface area contributed by atoms with Crippen molar-refractivity contribution in [2.75, 3.05) is 0 Å². The Morgan fingerprint density at radius 3 is 2.57 bits per heavy atom. The van der Waals surface area contributed by atoms with Crippen LogP contribution in [0.4, 0.5) is 0 Å². The number of carbonyl (C=O) groups excluding carboxylic acids is 1. The van der Waals surface area contributed by atoms with Crippen LogP contribution in [0.3, 0.4) is 0 Å². The predicted octanol–water partition coefficient (Wildman–Crippen LogP) is 4.17. The van der Waals surface area contributed by atoms with Gasteiger partial charge in [-0.1, -0.05) is 35.0 Å². The van der Waals surface area contributed by atoms with E-state index in [2.05, 4.69) is 10.1 Å². The quantitative estimate of drug-likeness (QED) is 0.664. The molecule has 0 aliphatic rings. The van der Waals surface area contributed by atoms with Gasteiger partial charge >= 0.3 is 0 Å². The molecule has 0 atom stereocenters. The molecule has 116 valence electrons. The molecule has 0 saturated heterocycles. The molecule has 4 nitrogen and oxygen atoms in total. The molecule has 2 aromatic heterocycles. The third kappa shape index (κ3) is 3.72. The van der Waals surface area contributed by atoms with Crippen LogP contribution in [0.25, 0.3) is 11.3 Å². The van der Waals surface area contributed by atoms with Gasteiger partial charge in [0.25, 0.3) is 0 Å². The van der Waals surface area contributed by atoms with Gasteiger partial charge in [-0.25, -0.2) is 0 Å². The molecule has 0 fully saturated rings. The first-order chi connectivity index (χ1) is 11.1. The molecular weight excluding hydrogens is 288 g/mol. The summed E-state index contributed by atoms with van der Waals surface area (Å²) in [5.41, 5.74) is 4.55. The van der Waals surface area contributed by atoms with Crippen molar-refractivity contribution < 1.29 is 9.32 Å². The maximum absolute atomic E-state index is 12.1. The van der Waals surface area contributed by atoms with Crippen LogP contribution in [0.1, 0.15) is 33.8 Å². The lowest BCUT2D eigenvalue weighted by Crippen LogP contribution is -2.01. The van der Waals surface area contributed by atoms with E-state index in [1.54, 1.807) is 6.20 Å². The van der Waals surface area contributed by atoms with Crippen molar-refractivity contribution in [3.63, 3.8) is 0 Å². The van der Waals surface area contributed by atoms with E-state index in [4.69, 9.17) is 4.52 Å². The van der Waals surface area contributed by atoms with Crippen LogP contribution < -0.4 is 0 Å². The third-order valence-corrected chi connectivity index (χ3v) is 3.74. The molecule has 3 aromatic rings. The van der Waals surface area contributed by atoms with Crippen molar-refractivity contribution in [1.29, 1.82) is 0 Å². The monoisotopic (exact) mass is 306 g/mol. The summed E-state index contributed by atoms with van der Waals surface area (Å²) >= 11 is 0. The number of Topliss-reactive ketones (excluding diaryl/α,β-unsaturated/α-hetero) is 1. The van der Waals surface area contributed by atoms with Gasteiger partial charge in [-0.15, -0.1) is 0 Å². The smallest absolute Gasteiger partial charge is 0.164 e. The van der Waals surface area contributed by atoms with Crippen LogP contribution in [0.15, 0.2) is 53.2 Å². The largest absolute Gasteiger partial charge is 0.361 e. The number of carbonyl (C=O) groups is 1. The van der Waals surface area contributed by atoms with Gasteiger partial charge in [-0.2, -0.15) is 0 Å². The summed E-state index contributed by atoms with van der Waals surface area (Å²) in [5.74, 6) is 0.778. The molecule has 4 heteroatoms. The Labute approximate surface area is 135 Å². The van der Waals surface area contributed by atoms with E-state index in [-0.39, 0.29) is 5.78 Å². The second kappa shape index (κ2) is 6.57. The average Bonchev–Trinajstić information content (AvgIpc) is 3.03. The fraction of sp³-hybridized carbons (Fsp3) is 0.211. The van der Waals surface area contributed by atoms with E-state index < -0.39 is 0 Å². The van der Waals surface area contributed by atoms with E-state index in [1.807, 2.05) is 56.3 Å². The molecule has 2 heterocycles. The predicted molar refractivity (Wildman–Crippen MR) is 88.3 cm³/mol. The zero-order valence-corrected chi connectivity index (χ0v) is 13.2. The fourth-order valence-electron chi connectivity index (χ4n) is 2.30. The number of hydrogen-bond donors (Lipinski definition) is 0. The zero-order valence-electron chi connectivity index (χ0n) is 13.2. The molecule has 0 aliphatic heterocycles. The second-order valence-electron chi connectivity index (χ2n) is 5.66. The molecule has 0 amide bonds. The van der Waals surface area contributed by atoms with Gasteiger partial charge in [0.1, 0.15) is 11.5 Å². The summed E-state index contributed by atoms with van der Waals surface area (Å²) in [7, 11) is 0. The summed E-state index contributed by atoms with van der Waals surface area (Å²) in [5, 5.41) is 4.08. The van der Waals surface area contributed by atoms with Crippen molar-refractivity contribution in [3.05, 3.63) is 71.2 Å². The number of aromatic nitrogens is 2. The molecule has 0 saturated carbocycles. The molecule has 3 rings (SSSR count). The lowest BCUT2D eigenvalue weighted by Gasteiger charge is -1.99. The average molecular weight is 306 g/mol. The van der Waals surface area contributed by atoms with Gasteiger partial charge in [0, 0.05) is 41.9 Å². The SMILES string of the molecule is Cc1ccc(-c2cc(CCC(=O)c3ccc(C)nc3)on2)cc1. The minimum absolute atomic E-state index is 0.0609. The number of rotatable bonds is 5. The van der Waals surface area contributed by atoms with E-state index in [9.17, 15) is 4.79 Å². The van der Waals surface area contributed by atoms with Crippen LogP contribution in [0.5, 0.6) is 0 Å². The highest BCUT2D eigenvalue weighted by Crippen LogP contribution is 2.20. The highest BCUT2D eigenvalue weighted by atomic mass is 16.5. The molecule has 0 spiro atoms. The maximum atomic E-state index is 12.1. The van der Waals surface area contributed by atoms with Gasteiger partial charge in [0.15, 0.2) is 5.78 Å². The van der Waals surface area contributed by atoms with Crippen molar-refractivity contribution in [3.8, 4) is 11.3 Å². The van der Waals surface area contributed by atoms with Crippen LogP contribution in [-0.4, -0.2) is 15.9 Å². The number of pyridine rings is 1. The summed E-state index contributed by atoms with van der Waals surface area (Å²) in [4.78, 5) is 16.3. The van der Waals surface area contributed by atoms with Crippen LogP contribution in [0.2, 0.25) is 0 Å². The Kier molecular flexibility index (Phi) is 4.33. The molecule has 23 heavy (non-hydrogen) atoms. The molecule has 0 aliphatic carbocycles. The highest BCUT2D eigenvalue weighted by molar-refractivity contribution is 5.95. The Hall–Kier alpha value is -2.75. The molecule has 0 radical (unpaired) electrons. The van der Waals surface area contributed by atoms with Crippen molar-refractivity contribution >= 4 is 5.78 Å². The van der Waals surface area contributed by atoms with E-state index >= 15 is 0 Å². The number of nitrogens with zero attached hydrogens (tertiary/aromatic N) is 2. The Balaban J connectivity index is 1.64. The molecule has 0 unspecified atom stereocenters. The maximum Gasteiger partial charge on any atom is 0.164 e. The first-order valence-electron chi connectivity index (χ1n) is 7.60. The van der Waals surface area contributed by atoms with Crippen molar-refractivity contribution in [1.82, 2.24) is 10.1 Å². The van der Waals surface area contributed by atoms with E-state index in [1.165, 1.54) is 5.56 Å². The van der Waals surface area contributed by atoms with Crippen LogP contribution in [-0.2, 0) is 6.42 Å². The molecule has 1 aromatic carbocycles. The van der Waals surface area contributed by atoms with Crippen molar-refractivity contribution in [2.45, 2.75) is 26.7 Å². The number of aryl methyl sites for hydroxylation is 3. The van der Waals surface area contributed by atoms with Crippen LogP contribution in [0, 0.1) is 13.8 Å². The standard InChI is InChI=1S/C19H18N2O2/c1-13-3-6-15(7-4-13)18-11-17(23-21-18)9-10-19(22)16-8-5-14(2)20-12-16/h3-8,11-12H,9-10H2,1-2H3. The number of hydrogen-bond acceptors (Lipinski definition) is 4. The summed E-state index contributed by atoms with van der Waals surface area (Å²) in [6.45, 7) is 3.94. The molecule has 0 N–H and O–H groups in total. The fourth-order valence-corrected chi connectivity index (χ4v) is 2.30. The summed E-state index contributed by atoms with van der Waals surface area (Å²) in [6.07, 6.45) is 2.54. The Morgan fingerprint density at radius 2 is 1.87 bits per heavy atom. The van der Waals surface area contributed by atoms with Gasteiger partial charge in [-0.3, -0.25) is 9.78 Å². The molecule has 0 bridgehead atoms. The van der Waals surface area contributed by atoms with Gasteiger partial charge in [0.2, 0.25) is 0 Å². The highest BCUT2D eigenvalue weighted by Gasteiger charge is 2.10. The third-order valence-electron chi connectivity index (χ3n) is 3.74. The lowest BCUT2D eigenvalue weighted by molar-refractivity contribution is 0.0980. The summed E-state index contributed by atoms with van der Waals surface area (Å²) < 4.78 is 5.34. The molecular formula is C19H18N2O2. The summed E-state index contributed by atoms with van der Waals surface area (Å²) in [6, 6.07) is 13.7. The number of benzene rings is 1. The van der Waals surface area contributed by atoms with Crippen LogP contribution >= 0.6 is 0 Å². The van der Waals surface area contributed by atoms with E-state index in [0.717, 1.165) is 17.0 Å².